The normalized spacial score (nSPS) is 9.88. The molecule has 6 nitrogen and oxygen atoms in total. The molecule has 0 saturated heterocycles. The van der Waals surface area contributed by atoms with Crippen molar-refractivity contribution in [3.8, 4) is 0 Å². The Balaban J connectivity index is 3.04. The van der Waals surface area contributed by atoms with Gasteiger partial charge >= 0.3 is 0 Å². The van der Waals surface area contributed by atoms with E-state index >= 15 is 0 Å². The first-order valence-electron chi connectivity index (χ1n) is 4.73. The van der Waals surface area contributed by atoms with Gasteiger partial charge in [-0.1, -0.05) is 6.07 Å². The molecule has 1 aromatic carbocycles. The summed E-state index contributed by atoms with van der Waals surface area (Å²) in [4.78, 5) is 26.3. The van der Waals surface area contributed by atoms with Crippen LogP contribution in [0, 0.1) is 17.0 Å². The van der Waals surface area contributed by atoms with Gasteiger partial charge in [0.05, 0.1) is 11.5 Å². The smallest absolute Gasteiger partial charge is 0.274 e. The fourth-order valence-electron chi connectivity index (χ4n) is 1.18. The zero-order chi connectivity index (χ0) is 12.1. The molecule has 0 spiro atoms. The van der Waals surface area contributed by atoms with Crippen molar-refractivity contribution in [3.63, 3.8) is 0 Å². The van der Waals surface area contributed by atoms with Crippen molar-refractivity contribution in [2.75, 3.05) is 6.61 Å². The molecule has 1 N–H and O–H groups in total. The Hall–Kier alpha value is -1.95. The first-order valence-corrected chi connectivity index (χ1v) is 4.73. The first-order chi connectivity index (χ1) is 7.56. The van der Waals surface area contributed by atoms with E-state index in [2.05, 4.69) is 5.48 Å². The van der Waals surface area contributed by atoms with Gasteiger partial charge in [-0.2, -0.15) is 0 Å². The first kappa shape index (κ1) is 12.1. The van der Waals surface area contributed by atoms with Gasteiger partial charge in [-0.3, -0.25) is 19.7 Å². The molecule has 0 fully saturated rings. The highest BCUT2D eigenvalue weighted by Crippen LogP contribution is 2.19. The maximum Gasteiger partial charge on any atom is 0.282 e. The molecule has 0 aliphatic carbocycles. The standard InChI is InChI=1S/C10H12N2O4/c1-3-16-11-10(13)8-6-7(2)4-5-9(8)12(14)15/h4-6H,3H2,1-2H3,(H,11,13). The van der Waals surface area contributed by atoms with Crippen LogP contribution >= 0.6 is 0 Å². The van der Waals surface area contributed by atoms with Crippen LogP contribution in [0.5, 0.6) is 0 Å². The minimum absolute atomic E-state index is 0.00144. The Morgan fingerprint density at radius 3 is 2.81 bits per heavy atom. The van der Waals surface area contributed by atoms with E-state index in [-0.39, 0.29) is 11.3 Å². The summed E-state index contributed by atoms with van der Waals surface area (Å²) in [6.07, 6.45) is 0. The van der Waals surface area contributed by atoms with Gasteiger partial charge in [-0.15, -0.1) is 0 Å². The number of carbonyl (C=O) groups is 1. The van der Waals surface area contributed by atoms with Crippen LogP contribution in [0.2, 0.25) is 0 Å². The number of benzene rings is 1. The topological polar surface area (TPSA) is 81.5 Å². The van der Waals surface area contributed by atoms with E-state index in [1.807, 2.05) is 0 Å². The molecule has 1 rings (SSSR count). The lowest BCUT2D eigenvalue weighted by Gasteiger charge is -2.05. The number of rotatable bonds is 4. The van der Waals surface area contributed by atoms with Gasteiger partial charge in [0, 0.05) is 6.07 Å². The quantitative estimate of drug-likeness (QED) is 0.621. The zero-order valence-electron chi connectivity index (χ0n) is 9.02. The van der Waals surface area contributed by atoms with Crippen molar-refractivity contribution in [3.05, 3.63) is 39.4 Å². The highest BCUT2D eigenvalue weighted by molar-refractivity contribution is 5.97. The molecule has 16 heavy (non-hydrogen) atoms. The summed E-state index contributed by atoms with van der Waals surface area (Å²) in [5.74, 6) is -0.614. The largest absolute Gasteiger partial charge is 0.282 e. The summed E-state index contributed by atoms with van der Waals surface area (Å²) in [5, 5.41) is 10.7. The van der Waals surface area contributed by atoms with Crippen molar-refractivity contribution in [1.29, 1.82) is 0 Å². The summed E-state index contributed by atoms with van der Waals surface area (Å²) < 4.78 is 0. The number of nitro benzene ring substituents is 1. The van der Waals surface area contributed by atoms with Crippen LogP contribution in [-0.2, 0) is 4.84 Å². The molecule has 0 heterocycles. The van der Waals surface area contributed by atoms with Gasteiger partial charge in [0.25, 0.3) is 11.6 Å². The van der Waals surface area contributed by atoms with Crippen LogP contribution in [0.15, 0.2) is 18.2 Å². The number of aryl methyl sites for hydroxylation is 1. The fourth-order valence-corrected chi connectivity index (χ4v) is 1.18. The maximum absolute atomic E-state index is 11.5. The molecule has 6 heteroatoms. The number of nitrogens with zero attached hydrogens (tertiary/aromatic N) is 1. The molecule has 0 aromatic heterocycles. The number of nitro groups is 1. The summed E-state index contributed by atoms with van der Waals surface area (Å²) in [5.41, 5.74) is 2.66. The van der Waals surface area contributed by atoms with E-state index in [9.17, 15) is 14.9 Å². The zero-order valence-corrected chi connectivity index (χ0v) is 9.02. The van der Waals surface area contributed by atoms with Crippen LogP contribution in [0.4, 0.5) is 5.69 Å². The van der Waals surface area contributed by atoms with Crippen molar-refractivity contribution >= 4 is 11.6 Å². The molecule has 0 unspecified atom stereocenters. The van der Waals surface area contributed by atoms with Gasteiger partial charge < -0.3 is 0 Å². The van der Waals surface area contributed by atoms with Crippen molar-refractivity contribution < 1.29 is 14.6 Å². The van der Waals surface area contributed by atoms with E-state index in [0.717, 1.165) is 5.56 Å². The second-order valence-corrected chi connectivity index (χ2v) is 3.14. The molecule has 1 aromatic rings. The van der Waals surface area contributed by atoms with Crippen molar-refractivity contribution in [1.82, 2.24) is 5.48 Å². The van der Waals surface area contributed by atoms with Gasteiger partial charge in [0.15, 0.2) is 0 Å². The van der Waals surface area contributed by atoms with Gasteiger partial charge in [-0.25, -0.2) is 5.48 Å². The highest BCUT2D eigenvalue weighted by Gasteiger charge is 2.19. The number of nitrogens with one attached hydrogen (secondary N) is 1. The lowest BCUT2D eigenvalue weighted by molar-refractivity contribution is -0.385. The fraction of sp³-hybridized carbons (Fsp3) is 0.300. The van der Waals surface area contributed by atoms with Gasteiger partial charge in [0.2, 0.25) is 0 Å². The molecule has 86 valence electrons. The molecule has 0 radical (unpaired) electrons. The SMILES string of the molecule is CCONC(=O)c1cc(C)ccc1[N+](=O)[O-]. The molecule has 0 saturated carbocycles. The second kappa shape index (κ2) is 5.22. The van der Waals surface area contributed by atoms with E-state index in [0.29, 0.717) is 6.61 Å². The third kappa shape index (κ3) is 2.77. The van der Waals surface area contributed by atoms with E-state index < -0.39 is 10.8 Å². The van der Waals surface area contributed by atoms with Gasteiger partial charge in [0.1, 0.15) is 5.56 Å². The Bertz CT molecular complexity index is 417. The van der Waals surface area contributed by atoms with Gasteiger partial charge in [-0.05, 0) is 25.5 Å². The Morgan fingerprint density at radius 1 is 1.56 bits per heavy atom. The average Bonchev–Trinajstić information content (AvgIpc) is 2.25. The second-order valence-electron chi connectivity index (χ2n) is 3.14. The molecular formula is C10H12N2O4. The lowest BCUT2D eigenvalue weighted by atomic mass is 10.1. The minimum Gasteiger partial charge on any atom is -0.274 e. The average molecular weight is 224 g/mol. The van der Waals surface area contributed by atoms with Crippen LogP contribution in [0.3, 0.4) is 0 Å². The molecule has 0 bridgehead atoms. The summed E-state index contributed by atoms with van der Waals surface area (Å²) in [7, 11) is 0. The molecule has 0 aliphatic rings. The molecule has 0 atom stereocenters. The predicted molar refractivity (Wildman–Crippen MR) is 56.9 cm³/mol. The predicted octanol–water partition coefficient (Wildman–Crippen LogP) is 1.58. The summed E-state index contributed by atoms with van der Waals surface area (Å²) in [6, 6.07) is 4.33. The Labute approximate surface area is 92.3 Å². The minimum atomic E-state index is -0.614. The molecular weight excluding hydrogens is 212 g/mol. The lowest BCUT2D eigenvalue weighted by Crippen LogP contribution is -2.24. The van der Waals surface area contributed by atoms with E-state index in [1.165, 1.54) is 12.1 Å². The number of amides is 1. The van der Waals surface area contributed by atoms with Crippen molar-refractivity contribution in [2.24, 2.45) is 0 Å². The van der Waals surface area contributed by atoms with Crippen LogP contribution in [-0.4, -0.2) is 17.4 Å². The Kier molecular flexibility index (Phi) is 3.96. The highest BCUT2D eigenvalue weighted by atomic mass is 16.7. The van der Waals surface area contributed by atoms with Crippen molar-refractivity contribution in [2.45, 2.75) is 13.8 Å². The number of hydrogen-bond donors (Lipinski definition) is 1. The Morgan fingerprint density at radius 2 is 2.25 bits per heavy atom. The third-order valence-electron chi connectivity index (χ3n) is 1.90. The number of hydroxylamine groups is 1. The van der Waals surface area contributed by atoms with Crippen LogP contribution in [0.25, 0.3) is 0 Å². The van der Waals surface area contributed by atoms with E-state index in [1.54, 1.807) is 19.9 Å². The number of hydrogen-bond acceptors (Lipinski definition) is 4. The summed E-state index contributed by atoms with van der Waals surface area (Å²) in [6.45, 7) is 3.75. The maximum atomic E-state index is 11.5. The monoisotopic (exact) mass is 224 g/mol. The third-order valence-corrected chi connectivity index (χ3v) is 1.90. The number of carbonyl (C=O) groups excluding carboxylic acids is 1. The van der Waals surface area contributed by atoms with Crippen LogP contribution < -0.4 is 5.48 Å². The molecule has 1 amide bonds. The van der Waals surface area contributed by atoms with E-state index in [4.69, 9.17) is 4.84 Å². The molecule has 0 aliphatic heterocycles. The summed E-state index contributed by atoms with van der Waals surface area (Å²) >= 11 is 0. The van der Waals surface area contributed by atoms with Crippen LogP contribution in [0.1, 0.15) is 22.8 Å².